The number of nitrogens with zero attached hydrogens (tertiary/aromatic N) is 3. The van der Waals surface area contributed by atoms with E-state index in [0.29, 0.717) is 6.54 Å². The largest absolute Gasteiger partial charge is 0.345 e. The van der Waals surface area contributed by atoms with Gasteiger partial charge in [0.15, 0.2) is 0 Å². The number of hydrogen-bond acceptors (Lipinski definition) is 4. The van der Waals surface area contributed by atoms with Crippen molar-refractivity contribution in [3.8, 4) is 0 Å². The van der Waals surface area contributed by atoms with E-state index in [0.717, 1.165) is 65.1 Å². The highest BCUT2D eigenvalue weighted by Gasteiger charge is 2.39. The molecule has 2 fully saturated rings. The van der Waals surface area contributed by atoms with E-state index >= 15 is 0 Å². The standard InChI is InChI=1S/C18H28N4O/c19-15-18(6-8-21(16-23)9-7-18)22-12-10-20(11-13-22)14-17-4-2-1-3-5-17/h1-5,16H,6-15,19H2. The quantitative estimate of drug-likeness (QED) is 0.815. The van der Waals surface area contributed by atoms with Gasteiger partial charge in [0.2, 0.25) is 6.41 Å². The number of nitrogens with two attached hydrogens (primary N) is 1. The van der Waals surface area contributed by atoms with E-state index in [1.165, 1.54) is 5.56 Å². The first-order valence-corrected chi connectivity index (χ1v) is 8.66. The maximum atomic E-state index is 10.9. The Morgan fingerprint density at radius 2 is 1.65 bits per heavy atom. The number of benzene rings is 1. The lowest BCUT2D eigenvalue weighted by molar-refractivity contribution is -0.121. The average Bonchev–Trinajstić information content (AvgIpc) is 2.63. The number of carbonyl (C=O) groups excluding carboxylic acids is 1. The smallest absolute Gasteiger partial charge is 0.209 e. The third kappa shape index (κ3) is 3.74. The molecular weight excluding hydrogens is 288 g/mol. The van der Waals surface area contributed by atoms with Crippen LogP contribution in [-0.4, -0.2) is 72.5 Å². The minimum atomic E-state index is 0.0956. The molecule has 0 unspecified atom stereocenters. The van der Waals surface area contributed by atoms with Crippen LogP contribution in [0.25, 0.3) is 0 Å². The summed E-state index contributed by atoms with van der Waals surface area (Å²) in [6.07, 6.45) is 2.97. The zero-order valence-corrected chi connectivity index (χ0v) is 13.9. The molecule has 2 aliphatic rings. The first-order chi connectivity index (χ1) is 11.3. The maximum Gasteiger partial charge on any atom is 0.209 e. The molecule has 1 aromatic carbocycles. The van der Waals surface area contributed by atoms with Crippen molar-refractivity contribution >= 4 is 6.41 Å². The van der Waals surface area contributed by atoms with Crippen LogP contribution < -0.4 is 5.73 Å². The van der Waals surface area contributed by atoms with Crippen LogP contribution in [-0.2, 0) is 11.3 Å². The van der Waals surface area contributed by atoms with E-state index in [2.05, 4.69) is 40.1 Å². The molecule has 2 heterocycles. The van der Waals surface area contributed by atoms with Crippen molar-refractivity contribution < 1.29 is 4.79 Å². The van der Waals surface area contributed by atoms with Crippen LogP contribution in [0, 0.1) is 0 Å². The Kier molecular flexibility index (Phi) is 5.30. The highest BCUT2D eigenvalue weighted by molar-refractivity contribution is 5.47. The topological polar surface area (TPSA) is 52.8 Å². The molecule has 126 valence electrons. The zero-order valence-electron chi connectivity index (χ0n) is 13.9. The fourth-order valence-electron chi connectivity index (χ4n) is 3.92. The lowest BCUT2D eigenvalue weighted by atomic mass is 9.85. The Morgan fingerprint density at radius 1 is 1.00 bits per heavy atom. The van der Waals surface area contributed by atoms with Crippen molar-refractivity contribution in [1.82, 2.24) is 14.7 Å². The number of hydrogen-bond donors (Lipinski definition) is 1. The second kappa shape index (κ2) is 7.43. The van der Waals surface area contributed by atoms with Gasteiger partial charge in [-0.3, -0.25) is 14.6 Å². The normalized spacial score (nSPS) is 22.9. The van der Waals surface area contributed by atoms with Crippen molar-refractivity contribution in [3.63, 3.8) is 0 Å². The van der Waals surface area contributed by atoms with Gasteiger partial charge in [0.1, 0.15) is 0 Å². The van der Waals surface area contributed by atoms with Crippen molar-refractivity contribution in [2.24, 2.45) is 5.73 Å². The van der Waals surface area contributed by atoms with Gasteiger partial charge in [-0.25, -0.2) is 0 Å². The molecule has 2 saturated heterocycles. The summed E-state index contributed by atoms with van der Waals surface area (Å²) in [5.41, 5.74) is 7.63. The lowest BCUT2D eigenvalue weighted by Crippen LogP contribution is -2.63. The predicted octanol–water partition coefficient (Wildman–Crippen LogP) is 0.754. The Labute approximate surface area is 139 Å². The third-order valence-corrected chi connectivity index (χ3v) is 5.55. The fourth-order valence-corrected chi connectivity index (χ4v) is 3.92. The van der Waals surface area contributed by atoms with Crippen LogP contribution >= 0.6 is 0 Å². The van der Waals surface area contributed by atoms with Gasteiger partial charge >= 0.3 is 0 Å². The molecule has 5 nitrogen and oxygen atoms in total. The Morgan fingerprint density at radius 3 is 2.22 bits per heavy atom. The van der Waals surface area contributed by atoms with Crippen molar-refractivity contribution in [2.75, 3.05) is 45.8 Å². The number of rotatable bonds is 5. The van der Waals surface area contributed by atoms with Crippen LogP contribution in [0.4, 0.5) is 0 Å². The Hall–Kier alpha value is -1.43. The van der Waals surface area contributed by atoms with E-state index in [1.54, 1.807) is 0 Å². The molecule has 0 saturated carbocycles. The van der Waals surface area contributed by atoms with Gasteiger partial charge < -0.3 is 10.6 Å². The van der Waals surface area contributed by atoms with Gasteiger partial charge in [0.25, 0.3) is 0 Å². The molecule has 1 aromatic rings. The molecule has 1 amide bonds. The SMILES string of the molecule is NCC1(N2CCN(Cc3ccccc3)CC2)CCN(C=O)CC1. The summed E-state index contributed by atoms with van der Waals surface area (Å²) in [4.78, 5) is 17.9. The van der Waals surface area contributed by atoms with Gasteiger partial charge in [-0.2, -0.15) is 0 Å². The first-order valence-electron chi connectivity index (χ1n) is 8.66. The molecule has 2 aliphatic heterocycles. The van der Waals surface area contributed by atoms with E-state index in [1.807, 2.05) is 4.90 Å². The molecular formula is C18H28N4O. The second-order valence-electron chi connectivity index (χ2n) is 6.82. The molecule has 0 aliphatic carbocycles. The van der Waals surface area contributed by atoms with Crippen LogP contribution in [0.1, 0.15) is 18.4 Å². The van der Waals surface area contributed by atoms with E-state index in [4.69, 9.17) is 5.73 Å². The monoisotopic (exact) mass is 316 g/mol. The van der Waals surface area contributed by atoms with Crippen LogP contribution in [0.3, 0.4) is 0 Å². The predicted molar refractivity (Wildman–Crippen MR) is 91.9 cm³/mol. The minimum Gasteiger partial charge on any atom is -0.345 e. The summed E-state index contributed by atoms with van der Waals surface area (Å²) < 4.78 is 0. The molecule has 0 aromatic heterocycles. The number of piperidine rings is 1. The van der Waals surface area contributed by atoms with Gasteiger partial charge in [0, 0.05) is 57.9 Å². The zero-order chi connectivity index (χ0) is 16.1. The fraction of sp³-hybridized carbons (Fsp3) is 0.611. The first kappa shape index (κ1) is 16.4. The Bertz CT molecular complexity index is 491. The summed E-state index contributed by atoms with van der Waals surface area (Å²) in [6.45, 7) is 7.73. The Balaban J connectivity index is 1.54. The van der Waals surface area contributed by atoms with Crippen molar-refractivity contribution in [2.45, 2.75) is 24.9 Å². The van der Waals surface area contributed by atoms with Crippen molar-refractivity contribution in [1.29, 1.82) is 0 Å². The van der Waals surface area contributed by atoms with Crippen LogP contribution in [0.2, 0.25) is 0 Å². The molecule has 0 atom stereocenters. The van der Waals surface area contributed by atoms with E-state index < -0.39 is 0 Å². The molecule has 3 rings (SSSR count). The third-order valence-electron chi connectivity index (χ3n) is 5.55. The highest BCUT2D eigenvalue weighted by Crippen LogP contribution is 2.29. The summed E-state index contributed by atoms with van der Waals surface area (Å²) in [7, 11) is 0. The lowest BCUT2D eigenvalue weighted by Gasteiger charge is -2.50. The van der Waals surface area contributed by atoms with Gasteiger partial charge in [-0.05, 0) is 18.4 Å². The summed E-state index contributed by atoms with van der Waals surface area (Å²) >= 11 is 0. The summed E-state index contributed by atoms with van der Waals surface area (Å²) in [6, 6.07) is 10.7. The number of amides is 1. The number of carbonyl (C=O) groups is 1. The molecule has 0 bridgehead atoms. The average molecular weight is 316 g/mol. The molecule has 0 spiro atoms. The maximum absolute atomic E-state index is 10.9. The number of likely N-dealkylation sites (tertiary alicyclic amines) is 1. The minimum absolute atomic E-state index is 0.0956. The molecule has 23 heavy (non-hydrogen) atoms. The van der Waals surface area contributed by atoms with Crippen molar-refractivity contribution in [3.05, 3.63) is 35.9 Å². The highest BCUT2D eigenvalue weighted by atomic mass is 16.1. The van der Waals surface area contributed by atoms with Crippen LogP contribution in [0.15, 0.2) is 30.3 Å². The number of piperazine rings is 1. The summed E-state index contributed by atoms with van der Waals surface area (Å²) in [5, 5.41) is 0. The second-order valence-corrected chi connectivity index (χ2v) is 6.82. The molecule has 0 radical (unpaired) electrons. The van der Waals surface area contributed by atoms with Gasteiger partial charge in [-0.15, -0.1) is 0 Å². The van der Waals surface area contributed by atoms with E-state index in [9.17, 15) is 4.79 Å². The molecule has 5 heteroatoms. The summed E-state index contributed by atoms with van der Waals surface area (Å²) in [5.74, 6) is 0. The molecule has 2 N–H and O–H groups in total. The van der Waals surface area contributed by atoms with Crippen LogP contribution in [0.5, 0.6) is 0 Å². The van der Waals surface area contributed by atoms with E-state index in [-0.39, 0.29) is 5.54 Å². The van der Waals surface area contributed by atoms with Gasteiger partial charge in [0.05, 0.1) is 0 Å². The van der Waals surface area contributed by atoms with Gasteiger partial charge in [-0.1, -0.05) is 30.3 Å².